The molecule has 5 N–H and O–H groups in total. The summed E-state index contributed by atoms with van der Waals surface area (Å²) in [5.74, 6) is -1.57. The molecule has 15 nitrogen and oxygen atoms in total. The van der Waals surface area contributed by atoms with E-state index in [4.69, 9.17) is 4.74 Å². The van der Waals surface area contributed by atoms with Crippen molar-refractivity contribution < 1.29 is 34.1 Å². The summed E-state index contributed by atoms with van der Waals surface area (Å²) in [6, 6.07) is 19.7. The molecule has 5 unspecified atom stereocenters. The molecular formula is C43H56N8O7S. The van der Waals surface area contributed by atoms with Gasteiger partial charge in [-0.15, -0.1) is 11.3 Å². The maximum atomic E-state index is 14.5. The number of aliphatic hydroxyl groups is 1. The van der Waals surface area contributed by atoms with Gasteiger partial charge in [0.05, 0.1) is 36.7 Å². The molecule has 5 atom stereocenters. The molecule has 0 spiro atoms. The fourth-order valence-corrected chi connectivity index (χ4v) is 7.85. The molecule has 0 bridgehead atoms. The highest BCUT2D eigenvalue weighted by Gasteiger charge is 2.41. The van der Waals surface area contributed by atoms with Crippen LogP contribution in [0, 0.1) is 11.8 Å². The third kappa shape index (κ3) is 12.5. The molecule has 5 amide bonds. The number of pyridine rings is 1. The lowest BCUT2D eigenvalue weighted by Crippen LogP contribution is -2.59. The van der Waals surface area contributed by atoms with E-state index in [9.17, 15) is 29.4 Å². The van der Waals surface area contributed by atoms with E-state index < -0.39 is 42.1 Å². The maximum absolute atomic E-state index is 14.5. The fraction of sp³-hybridized carbons (Fsp3) is 0.442. The standard InChI is InChI=1S/C43H56N8O7S/c1-6-29(4)39(51-21-20-49(43(51)57)24-33-27-59-37(45-33)26-58-5)41(54)46-35(22-30-12-8-7-9-13-30)36(52)25-50(48-40(53)38(28(2)3)47-42(55)56)23-31-15-17-32(18-16-31)34-14-10-11-19-44-34/h7-19,27-29,35-36,38-39,47,52H,6,20-26H2,1-5H3,(H,46,54)(H,48,53)(H,55,56). The Morgan fingerprint density at radius 3 is 2.32 bits per heavy atom. The van der Waals surface area contributed by atoms with Gasteiger partial charge in [-0.25, -0.2) is 19.6 Å². The molecule has 4 aromatic rings. The molecule has 2 aromatic heterocycles. The number of hydrogen-bond acceptors (Lipinski definition) is 10. The van der Waals surface area contributed by atoms with Crippen LogP contribution in [0.1, 0.15) is 55.9 Å². The molecule has 5 rings (SSSR count). The topological polar surface area (TPSA) is 190 Å². The van der Waals surface area contributed by atoms with Crippen molar-refractivity contribution in [1.82, 2.24) is 40.8 Å². The zero-order valence-electron chi connectivity index (χ0n) is 34.3. The van der Waals surface area contributed by atoms with Crippen LogP contribution < -0.4 is 16.1 Å². The van der Waals surface area contributed by atoms with Crippen molar-refractivity contribution >= 4 is 35.3 Å². The quantitative estimate of drug-likeness (QED) is 0.0722. The minimum absolute atomic E-state index is 0.132. The lowest BCUT2D eigenvalue weighted by atomic mass is 9.95. The van der Waals surface area contributed by atoms with E-state index in [-0.39, 0.29) is 37.4 Å². The number of rotatable bonds is 21. The Morgan fingerprint density at radius 1 is 0.949 bits per heavy atom. The number of thiazole rings is 1. The van der Waals surface area contributed by atoms with Gasteiger partial charge in [-0.1, -0.05) is 94.8 Å². The summed E-state index contributed by atoms with van der Waals surface area (Å²) < 4.78 is 5.20. The van der Waals surface area contributed by atoms with E-state index in [1.807, 2.05) is 92.0 Å². The van der Waals surface area contributed by atoms with E-state index in [0.717, 1.165) is 33.1 Å². The molecule has 1 fully saturated rings. The first kappa shape index (κ1) is 44.7. The Hall–Kier alpha value is -5.42. The summed E-state index contributed by atoms with van der Waals surface area (Å²) in [4.78, 5) is 65.9. The second-order valence-electron chi connectivity index (χ2n) is 15.2. The SMILES string of the molecule is CCC(C)C(C(=O)NC(Cc1ccccc1)C(O)CN(Cc1ccc(-c2ccccn2)cc1)NC(=O)C(NC(=O)O)C(C)C)N1CCN(Cc2csc(COC)n2)C1=O. The molecule has 16 heteroatoms. The van der Waals surface area contributed by atoms with Crippen molar-refractivity contribution in [3.63, 3.8) is 0 Å². The van der Waals surface area contributed by atoms with Gasteiger partial charge in [0, 0.05) is 50.4 Å². The fourth-order valence-electron chi connectivity index (χ4n) is 7.09. The van der Waals surface area contributed by atoms with E-state index in [1.54, 1.807) is 37.0 Å². The molecule has 3 heterocycles. The highest BCUT2D eigenvalue weighted by atomic mass is 32.1. The molecule has 0 radical (unpaired) electrons. The van der Waals surface area contributed by atoms with E-state index >= 15 is 0 Å². The van der Waals surface area contributed by atoms with Crippen LogP contribution >= 0.6 is 11.3 Å². The Kier molecular flexibility index (Phi) is 16.3. The number of carbonyl (C=O) groups excluding carboxylic acids is 3. The number of amides is 5. The number of aromatic nitrogens is 2. The first-order valence-corrected chi connectivity index (χ1v) is 20.8. The zero-order valence-corrected chi connectivity index (χ0v) is 35.1. The average molecular weight is 829 g/mol. The number of hydrogen-bond donors (Lipinski definition) is 5. The number of nitrogens with zero attached hydrogens (tertiary/aromatic N) is 5. The first-order chi connectivity index (χ1) is 28.4. The molecule has 2 aromatic carbocycles. The van der Waals surface area contributed by atoms with Crippen LogP contribution in [0.3, 0.4) is 0 Å². The van der Waals surface area contributed by atoms with Crippen LogP contribution in [0.2, 0.25) is 0 Å². The van der Waals surface area contributed by atoms with Crippen molar-refractivity contribution in [3.8, 4) is 11.3 Å². The number of carbonyl (C=O) groups is 4. The van der Waals surface area contributed by atoms with Crippen LogP contribution in [0.15, 0.2) is 84.4 Å². The third-order valence-corrected chi connectivity index (χ3v) is 11.3. The van der Waals surface area contributed by atoms with Gasteiger partial charge in [-0.05, 0) is 41.5 Å². The largest absolute Gasteiger partial charge is 0.465 e. The van der Waals surface area contributed by atoms with Crippen molar-refractivity contribution in [2.24, 2.45) is 11.8 Å². The van der Waals surface area contributed by atoms with Gasteiger partial charge in [-0.3, -0.25) is 20.0 Å². The first-order valence-electron chi connectivity index (χ1n) is 19.9. The third-order valence-electron chi connectivity index (χ3n) is 10.4. The van der Waals surface area contributed by atoms with Gasteiger partial charge in [0.15, 0.2) is 0 Å². The number of ether oxygens (including phenoxy) is 1. The van der Waals surface area contributed by atoms with Gasteiger partial charge in [0.1, 0.15) is 17.1 Å². The Morgan fingerprint density at radius 2 is 1.68 bits per heavy atom. The number of methoxy groups -OCH3 is 1. The average Bonchev–Trinajstić information content (AvgIpc) is 3.82. The Bertz CT molecular complexity index is 1970. The Labute approximate surface area is 349 Å². The molecule has 1 aliphatic heterocycles. The molecule has 316 valence electrons. The van der Waals surface area contributed by atoms with E-state index in [0.29, 0.717) is 32.7 Å². The summed E-state index contributed by atoms with van der Waals surface area (Å²) in [5, 5.41) is 31.2. The number of hydrazine groups is 1. The minimum Gasteiger partial charge on any atom is -0.465 e. The molecule has 1 saturated heterocycles. The molecule has 0 aliphatic carbocycles. The van der Waals surface area contributed by atoms with Crippen molar-refractivity contribution in [3.05, 3.63) is 106 Å². The van der Waals surface area contributed by atoms with Crippen molar-refractivity contribution in [2.45, 2.75) is 84.5 Å². The molecular weight excluding hydrogens is 773 g/mol. The summed E-state index contributed by atoms with van der Waals surface area (Å²) >= 11 is 1.47. The van der Waals surface area contributed by atoms with Crippen molar-refractivity contribution in [1.29, 1.82) is 0 Å². The van der Waals surface area contributed by atoms with Gasteiger partial charge < -0.3 is 35.4 Å². The number of urea groups is 1. The van der Waals surface area contributed by atoms with Gasteiger partial charge in [-0.2, -0.15) is 0 Å². The monoisotopic (exact) mass is 828 g/mol. The van der Waals surface area contributed by atoms with Gasteiger partial charge in [0.2, 0.25) is 5.91 Å². The second kappa shape index (κ2) is 21.5. The van der Waals surface area contributed by atoms with Gasteiger partial charge >= 0.3 is 12.1 Å². The van der Waals surface area contributed by atoms with Crippen LogP contribution in [0.25, 0.3) is 11.3 Å². The van der Waals surface area contributed by atoms with E-state index in [1.165, 1.54) is 16.3 Å². The molecule has 0 saturated carbocycles. The normalized spacial score (nSPS) is 15.5. The Balaban J connectivity index is 1.38. The number of aliphatic hydroxyl groups excluding tert-OH is 1. The number of benzene rings is 2. The summed E-state index contributed by atoms with van der Waals surface area (Å²) in [6.07, 6.45) is 0.0298. The summed E-state index contributed by atoms with van der Waals surface area (Å²) in [7, 11) is 1.61. The van der Waals surface area contributed by atoms with Crippen LogP contribution in [-0.4, -0.2) is 110 Å². The van der Waals surface area contributed by atoms with Gasteiger partial charge in [0.25, 0.3) is 5.91 Å². The molecule has 59 heavy (non-hydrogen) atoms. The predicted molar refractivity (Wildman–Crippen MR) is 225 cm³/mol. The molecule has 1 aliphatic rings. The lowest BCUT2D eigenvalue weighted by Gasteiger charge is -2.35. The predicted octanol–water partition coefficient (Wildman–Crippen LogP) is 4.92. The minimum atomic E-state index is -1.34. The number of nitrogens with one attached hydrogen (secondary N) is 3. The lowest BCUT2D eigenvalue weighted by molar-refractivity contribution is -0.131. The van der Waals surface area contributed by atoms with Crippen LogP contribution in [0.5, 0.6) is 0 Å². The second-order valence-corrected chi connectivity index (χ2v) is 16.1. The highest BCUT2D eigenvalue weighted by Crippen LogP contribution is 2.24. The summed E-state index contributed by atoms with van der Waals surface area (Å²) in [5.41, 5.74) is 6.97. The smallest absolute Gasteiger partial charge is 0.405 e. The van der Waals surface area contributed by atoms with E-state index in [2.05, 4.69) is 26.0 Å². The van der Waals surface area contributed by atoms with Crippen LogP contribution in [-0.2, 0) is 40.4 Å². The zero-order chi connectivity index (χ0) is 42.5. The number of carboxylic acid groups (broad SMARTS) is 1. The van der Waals surface area contributed by atoms with Crippen LogP contribution in [0.4, 0.5) is 9.59 Å². The van der Waals surface area contributed by atoms with Crippen molar-refractivity contribution in [2.75, 3.05) is 26.7 Å². The maximum Gasteiger partial charge on any atom is 0.405 e. The summed E-state index contributed by atoms with van der Waals surface area (Å²) in [6.45, 7) is 8.87. The highest BCUT2D eigenvalue weighted by molar-refractivity contribution is 7.09.